The van der Waals surface area contributed by atoms with Crippen molar-refractivity contribution >= 4 is 11.8 Å². The predicted octanol–water partition coefficient (Wildman–Crippen LogP) is 1.22. The number of carbonyl (C=O) groups is 2. The highest BCUT2D eigenvalue weighted by atomic mass is 16.2. The van der Waals surface area contributed by atoms with E-state index in [1.807, 2.05) is 0 Å². The van der Waals surface area contributed by atoms with Crippen LogP contribution < -0.4 is 5.32 Å². The lowest BCUT2D eigenvalue weighted by Crippen LogP contribution is -2.69. The summed E-state index contributed by atoms with van der Waals surface area (Å²) in [5, 5.41) is 2.78. The van der Waals surface area contributed by atoms with E-state index in [2.05, 4.69) is 17.5 Å². The number of amides is 2. The zero-order valence-electron chi connectivity index (χ0n) is 10.7. The molecule has 0 radical (unpaired) electrons. The molecule has 0 aromatic carbocycles. The zero-order chi connectivity index (χ0) is 12.6. The fraction of sp³-hybridized carbons (Fsp3) is 0.692. The van der Waals surface area contributed by atoms with Gasteiger partial charge in [0, 0.05) is 6.04 Å². The molecular formula is C13H20N2O2. The Labute approximate surface area is 102 Å². The molecule has 1 fully saturated rings. The van der Waals surface area contributed by atoms with Crippen molar-refractivity contribution in [1.29, 1.82) is 0 Å². The molecule has 1 saturated heterocycles. The largest absolute Gasteiger partial charge is 0.340 e. The van der Waals surface area contributed by atoms with Crippen LogP contribution in [0.15, 0.2) is 12.2 Å². The predicted molar refractivity (Wildman–Crippen MR) is 65.3 cm³/mol. The van der Waals surface area contributed by atoms with Crippen molar-refractivity contribution < 1.29 is 9.59 Å². The highest BCUT2D eigenvalue weighted by Crippen LogP contribution is 2.26. The molecule has 0 bridgehead atoms. The number of hydrogen-bond acceptors (Lipinski definition) is 2. The van der Waals surface area contributed by atoms with Crippen molar-refractivity contribution in [3.8, 4) is 0 Å². The van der Waals surface area contributed by atoms with Crippen LogP contribution in [-0.4, -0.2) is 34.3 Å². The topological polar surface area (TPSA) is 49.4 Å². The van der Waals surface area contributed by atoms with Gasteiger partial charge < -0.3 is 10.2 Å². The Balaban J connectivity index is 2.25. The molecule has 17 heavy (non-hydrogen) atoms. The molecule has 2 atom stereocenters. The van der Waals surface area contributed by atoms with Gasteiger partial charge >= 0.3 is 0 Å². The molecule has 0 aromatic rings. The summed E-state index contributed by atoms with van der Waals surface area (Å²) in [6.45, 7) is 5.34. The van der Waals surface area contributed by atoms with Crippen LogP contribution in [0.25, 0.3) is 0 Å². The van der Waals surface area contributed by atoms with Crippen molar-refractivity contribution in [3.05, 3.63) is 12.2 Å². The lowest BCUT2D eigenvalue weighted by atomic mass is 9.91. The molecule has 1 aliphatic carbocycles. The normalized spacial score (nSPS) is 32.5. The van der Waals surface area contributed by atoms with Gasteiger partial charge in [0.2, 0.25) is 11.8 Å². The lowest BCUT2D eigenvalue weighted by molar-refractivity contribution is -0.155. The van der Waals surface area contributed by atoms with E-state index < -0.39 is 5.54 Å². The van der Waals surface area contributed by atoms with Gasteiger partial charge in [-0.1, -0.05) is 12.2 Å². The Kier molecular flexibility index (Phi) is 2.98. The second-order valence-electron chi connectivity index (χ2n) is 5.44. The lowest BCUT2D eigenvalue weighted by Gasteiger charge is -2.45. The van der Waals surface area contributed by atoms with E-state index in [-0.39, 0.29) is 23.9 Å². The second kappa shape index (κ2) is 4.17. The minimum Gasteiger partial charge on any atom is -0.340 e. The Bertz CT molecular complexity index is 374. The Hall–Kier alpha value is -1.32. The van der Waals surface area contributed by atoms with Gasteiger partial charge in [0.05, 0.1) is 0 Å². The SMILES string of the molecule is CC1C(=O)NC(C)(C)C(=O)N1C1CC=CCC1. The molecule has 4 heteroatoms. The van der Waals surface area contributed by atoms with E-state index in [1.54, 1.807) is 25.7 Å². The molecule has 2 aliphatic rings. The molecule has 94 valence electrons. The van der Waals surface area contributed by atoms with Crippen molar-refractivity contribution in [3.63, 3.8) is 0 Å². The Morgan fingerprint density at radius 3 is 2.65 bits per heavy atom. The number of piperazine rings is 1. The van der Waals surface area contributed by atoms with E-state index in [0.717, 1.165) is 19.3 Å². The number of carbonyl (C=O) groups excluding carboxylic acids is 2. The van der Waals surface area contributed by atoms with Gasteiger partial charge in [-0.25, -0.2) is 0 Å². The third-order valence-electron chi connectivity index (χ3n) is 3.64. The quantitative estimate of drug-likeness (QED) is 0.696. The van der Waals surface area contributed by atoms with Gasteiger partial charge in [-0.3, -0.25) is 9.59 Å². The summed E-state index contributed by atoms with van der Waals surface area (Å²) in [6, 6.07) is -0.181. The molecule has 0 saturated carbocycles. The van der Waals surface area contributed by atoms with Crippen LogP contribution in [0.3, 0.4) is 0 Å². The fourth-order valence-electron chi connectivity index (χ4n) is 2.60. The average molecular weight is 236 g/mol. The molecule has 1 aliphatic heterocycles. The van der Waals surface area contributed by atoms with Gasteiger partial charge in [-0.05, 0) is 40.0 Å². The standard InChI is InChI=1S/C13H20N2O2/c1-9-11(16)14-13(2,3)12(17)15(9)10-7-5-4-6-8-10/h4-5,9-10H,6-8H2,1-3H3,(H,14,16). The number of hydrogen-bond donors (Lipinski definition) is 1. The van der Waals surface area contributed by atoms with Crippen LogP contribution in [0.5, 0.6) is 0 Å². The minimum atomic E-state index is -0.773. The summed E-state index contributed by atoms with van der Waals surface area (Å²) in [5.74, 6) is -0.0194. The third-order valence-corrected chi connectivity index (χ3v) is 3.64. The van der Waals surface area contributed by atoms with Gasteiger partial charge in [0.15, 0.2) is 0 Å². The van der Waals surface area contributed by atoms with Gasteiger partial charge in [-0.15, -0.1) is 0 Å². The van der Waals surface area contributed by atoms with Crippen LogP contribution in [0.4, 0.5) is 0 Å². The van der Waals surface area contributed by atoms with E-state index in [9.17, 15) is 9.59 Å². The molecule has 1 N–H and O–H groups in total. The van der Waals surface area contributed by atoms with Crippen LogP contribution in [0.2, 0.25) is 0 Å². The zero-order valence-corrected chi connectivity index (χ0v) is 10.7. The molecule has 0 spiro atoms. The van der Waals surface area contributed by atoms with Gasteiger partial charge in [0.25, 0.3) is 0 Å². The molecule has 2 rings (SSSR count). The molecular weight excluding hydrogens is 216 g/mol. The summed E-state index contributed by atoms with van der Waals surface area (Å²) in [6.07, 6.45) is 7.05. The molecule has 0 aromatic heterocycles. The van der Waals surface area contributed by atoms with Crippen molar-refractivity contribution in [2.75, 3.05) is 0 Å². The highest BCUT2D eigenvalue weighted by Gasteiger charge is 2.45. The first-order chi connectivity index (χ1) is 7.93. The van der Waals surface area contributed by atoms with E-state index in [1.165, 1.54) is 0 Å². The summed E-state index contributed by atoms with van der Waals surface area (Å²) in [5.41, 5.74) is -0.773. The first kappa shape index (κ1) is 12.1. The maximum atomic E-state index is 12.4. The average Bonchev–Trinajstić information content (AvgIpc) is 2.28. The Morgan fingerprint density at radius 1 is 1.35 bits per heavy atom. The Morgan fingerprint density at radius 2 is 2.06 bits per heavy atom. The maximum absolute atomic E-state index is 12.4. The van der Waals surface area contributed by atoms with Gasteiger partial charge in [0.1, 0.15) is 11.6 Å². The fourth-order valence-corrected chi connectivity index (χ4v) is 2.60. The second-order valence-corrected chi connectivity index (χ2v) is 5.44. The van der Waals surface area contributed by atoms with Crippen LogP contribution in [0.1, 0.15) is 40.0 Å². The van der Waals surface area contributed by atoms with Crippen molar-refractivity contribution in [2.45, 2.75) is 57.7 Å². The van der Waals surface area contributed by atoms with E-state index in [4.69, 9.17) is 0 Å². The van der Waals surface area contributed by atoms with Crippen molar-refractivity contribution in [2.24, 2.45) is 0 Å². The summed E-state index contributed by atoms with van der Waals surface area (Å²) < 4.78 is 0. The van der Waals surface area contributed by atoms with E-state index in [0.29, 0.717) is 0 Å². The molecule has 4 nitrogen and oxygen atoms in total. The van der Waals surface area contributed by atoms with Crippen molar-refractivity contribution in [1.82, 2.24) is 10.2 Å². The minimum absolute atomic E-state index is 0.0323. The number of allylic oxidation sites excluding steroid dienone is 1. The third kappa shape index (κ3) is 2.08. The maximum Gasteiger partial charge on any atom is 0.248 e. The van der Waals surface area contributed by atoms with Crippen LogP contribution in [-0.2, 0) is 9.59 Å². The van der Waals surface area contributed by atoms with Crippen LogP contribution in [0, 0.1) is 0 Å². The van der Waals surface area contributed by atoms with Gasteiger partial charge in [-0.2, -0.15) is 0 Å². The molecule has 2 amide bonds. The van der Waals surface area contributed by atoms with Crippen LogP contribution >= 0.6 is 0 Å². The molecule has 2 unspecified atom stereocenters. The first-order valence-electron chi connectivity index (χ1n) is 6.23. The molecule has 1 heterocycles. The monoisotopic (exact) mass is 236 g/mol. The number of nitrogens with zero attached hydrogens (tertiary/aromatic N) is 1. The first-order valence-corrected chi connectivity index (χ1v) is 6.23. The highest BCUT2D eigenvalue weighted by molar-refractivity contribution is 5.99. The van der Waals surface area contributed by atoms with E-state index >= 15 is 0 Å². The summed E-state index contributed by atoms with van der Waals surface area (Å²) in [4.78, 5) is 26.1. The smallest absolute Gasteiger partial charge is 0.248 e. The summed E-state index contributed by atoms with van der Waals surface area (Å²) >= 11 is 0. The summed E-state index contributed by atoms with van der Waals surface area (Å²) in [7, 11) is 0. The number of rotatable bonds is 1. The number of nitrogens with one attached hydrogen (secondary N) is 1.